The molecule has 0 atom stereocenters. The van der Waals surface area contributed by atoms with Gasteiger partial charge in [-0.15, -0.1) is 0 Å². The largest absolute Gasteiger partial charge is 0.340 e. The lowest BCUT2D eigenvalue weighted by molar-refractivity contribution is 0.0605. The van der Waals surface area contributed by atoms with Crippen molar-refractivity contribution in [3.8, 4) is 0 Å². The van der Waals surface area contributed by atoms with Gasteiger partial charge in [-0.2, -0.15) is 0 Å². The highest BCUT2D eigenvalue weighted by atomic mass is 127. The van der Waals surface area contributed by atoms with Crippen LogP contribution in [0.5, 0.6) is 0 Å². The summed E-state index contributed by atoms with van der Waals surface area (Å²) in [6.07, 6.45) is 2.00. The molecule has 3 rings (SSSR count). The van der Waals surface area contributed by atoms with Crippen molar-refractivity contribution in [2.75, 3.05) is 29.5 Å². The molecule has 1 heterocycles. The zero-order valence-corrected chi connectivity index (χ0v) is 25.1. The summed E-state index contributed by atoms with van der Waals surface area (Å²) in [5.41, 5.74) is 2.38. The molecule has 152 valence electrons. The van der Waals surface area contributed by atoms with Crippen LogP contribution < -0.4 is 9.80 Å². The van der Waals surface area contributed by atoms with E-state index in [9.17, 15) is 0 Å². The molecule has 2 aromatic rings. The highest BCUT2D eigenvalue weighted by molar-refractivity contribution is 14.1. The molecule has 0 saturated carbocycles. The summed E-state index contributed by atoms with van der Waals surface area (Å²) < 4.78 is 11.0. The molecule has 0 aliphatic carbocycles. The molecule has 28 heavy (non-hydrogen) atoms. The number of halogens is 6. The second-order valence-corrected chi connectivity index (χ2v) is 11.9. The third kappa shape index (κ3) is 5.45. The molecule has 1 aliphatic heterocycles. The topological polar surface area (TPSA) is 15.7 Å². The highest BCUT2D eigenvalue weighted by Gasteiger charge is 2.36. The molecule has 0 amide bonds. The van der Waals surface area contributed by atoms with E-state index in [4.69, 9.17) is 27.9 Å². The summed E-state index contributed by atoms with van der Waals surface area (Å²) in [6, 6.07) is 8.06. The normalized spacial score (nSPS) is 15.0. The Kier molecular flexibility index (Phi) is 9.39. The van der Waals surface area contributed by atoms with Crippen molar-refractivity contribution in [2.24, 2.45) is 0 Å². The van der Waals surface area contributed by atoms with Crippen LogP contribution in [0.2, 0.25) is 10.0 Å². The predicted octanol–water partition coefficient (Wildman–Crippen LogP) is 7.84. The maximum Gasteiger partial charge on any atom is 0.210 e. The molecular weight excluding hydrogens is 851 g/mol. The van der Waals surface area contributed by atoms with Crippen LogP contribution in [0.25, 0.3) is 0 Å². The van der Waals surface area contributed by atoms with Crippen molar-refractivity contribution < 1.29 is 4.74 Å². The lowest BCUT2D eigenvalue weighted by Gasteiger charge is -2.34. The summed E-state index contributed by atoms with van der Waals surface area (Å²) in [4.78, 5) is 4.71. The summed E-state index contributed by atoms with van der Waals surface area (Å²) in [7, 11) is 0. The fraction of sp³-hybridized carbons (Fsp3) is 0.368. The van der Waals surface area contributed by atoms with Gasteiger partial charge in [0.05, 0.1) is 18.0 Å². The zero-order chi connectivity index (χ0) is 20.4. The molecule has 1 fully saturated rings. The third-order valence-corrected chi connectivity index (χ3v) is 8.14. The summed E-state index contributed by atoms with van der Waals surface area (Å²) >= 11 is 22.0. The predicted molar refractivity (Wildman–Crippen MR) is 153 cm³/mol. The van der Waals surface area contributed by atoms with Gasteiger partial charge in [-0.3, -0.25) is 0 Å². The van der Waals surface area contributed by atoms with E-state index < -0.39 is 0 Å². The van der Waals surface area contributed by atoms with E-state index in [0.717, 1.165) is 56.9 Å². The molecule has 0 radical (unpaired) electrons. The number of anilines is 2. The van der Waals surface area contributed by atoms with Gasteiger partial charge in [-0.1, -0.05) is 36.5 Å². The van der Waals surface area contributed by atoms with E-state index in [1.54, 1.807) is 0 Å². The number of hydrogen-bond acceptors (Lipinski definition) is 3. The minimum absolute atomic E-state index is 0.155. The maximum atomic E-state index is 6.43. The van der Waals surface area contributed by atoms with Crippen molar-refractivity contribution in [3.63, 3.8) is 0 Å². The van der Waals surface area contributed by atoms with Gasteiger partial charge in [-0.05, 0) is 121 Å². The number of hydrogen-bond donors (Lipinski definition) is 0. The first-order valence-electron chi connectivity index (χ1n) is 8.77. The number of unbranched alkanes of at least 4 members (excludes halogenated alkanes) is 1. The first-order chi connectivity index (χ1) is 13.3. The third-order valence-electron chi connectivity index (χ3n) is 4.42. The van der Waals surface area contributed by atoms with Gasteiger partial charge in [0.2, 0.25) is 6.35 Å². The van der Waals surface area contributed by atoms with Gasteiger partial charge in [-0.25, -0.2) is 0 Å². The van der Waals surface area contributed by atoms with Crippen molar-refractivity contribution in [2.45, 2.75) is 26.1 Å². The van der Waals surface area contributed by atoms with Crippen LogP contribution in [0, 0.1) is 14.3 Å². The first kappa shape index (κ1) is 24.1. The van der Waals surface area contributed by atoms with Crippen molar-refractivity contribution >= 4 is 125 Å². The standard InChI is InChI=1S/C19H18Cl2I4N2O/c1-2-3-6-28-19-26(17-13(22)7-11(20)8-14(17)23)4-5-27(19)18-15(24)9-12(21)10-16(18)25/h7-10,19H,2-6H2,1H3. The smallest absolute Gasteiger partial charge is 0.210 e. The van der Waals surface area contributed by atoms with Gasteiger partial charge >= 0.3 is 0 Å². The van der Waals surface area contributed by atoms with Crippen molar-refractivity contribution in [1.29, 1.82) is 0 Å². The molecule has 1 saturated heterocycles. The SMILES string of the molecule is CCCCOC1N(c2c(I)cc(Cl)cc2I)CCN1c1c(I)cc(Cl)cc1I. The number of rotatable bonds is 6. The van der Waals surface area contributed by atoms with Crippen LogP contribution >= 0.6 is 114 Å². The molecule has 0 spiro atoms. The van der Waals surface area contributed by atoms with Gasteiger partial charge in [0, 0.05) is 37.4 Å². The summed E-state index contributed by atoms with van der Waals surface area (Å²) in [5.74, 6) is 0. The molecule has 0 unspecified atom stereocenters. The Balaban J connectivity index is 2.02. The molecule has 0 bridgehead atoms. The first-order valence-corrected chi connectivity index (χ1v) is 13.8. The van der Waals surface area contributed by atoms with E-state index in [0.29, 0.717) is 0 Å². The van der Waals surface area contributed by atoms with Crippen molar-refractivity contribution in [1.82, 2.24) is 0 Å². The number of nitrogens with zero attached hydrogens (tertiary/aromatic N) is 2. The Morgan fingerprint density at radius 2 is 1.25 bits per heavy atom. The van der Waals surface area contributed by atoms with E-state index in [-0.39, 0.29) is 6.35 Å². The fourth-order valence-corrected chi connectivity index (χ4v) is 9.13. The Bertz CT molecular complexity index is 756. The van der Waals surface area contributed by atoms with Crippen molar-refractivity contribution in [3.05, 3.63) is 48.6 Å². The maximum absolute atomic E-state index is 6.43. The van der Waals surface area contributed by atoms with Crippen LogP contribution in [0.3, 0.4) is 0 Å². The average Bonchev–Trinajstić information content (AvgIpc) is 2.97. The van der Waals surface area contributed by atoms with Crippen LogP contribution in [-0.2, 0) is 4.74 Å². The molecule has 0 aromatic heterocycles. The fourth-order valence-electron chi connectivity index (χ4n) is 3.18. The lowest BCUT2D eigenvalue weighted by Crippen LogP contribution is -2.42. The second-order valence-electron chi connectivity index (χ2n) is 6.37. The minimum atomic E-state index is -0.155. The molecule has 1 aliphatic rings. The quantitative estimate of drug-likeness (QED) is 0.218. The second kappa shape index (κ2) is 10.9. The lowest BCUT2D eigenvalue weighted by atomic mass is 10.3. The van der Waals surface area contributed by atoms with Gasteiger partial charge in [0.25, 0.3) is 0 Å². The molecule has 9 heteroatoms. The van der Waals surface area contributed by atoms with Crippen LogP contribution in [0.1, 0.15) is 19.8 Å². The van der Waals surface area contributed by atoms with Crippen LogP contribution in [0.15, 0.2) is 24.3 Å². The van der Waals surface area contributed by atoms with Gasteiger partial charge < -0.3 is 14.5 Å². The van der Waals surface area contributed by atoms with Gasteiger partial charge in [0.15, 0.2) is 0 Å². The van der Waals surface area contributed by atoms with E-state index in [1.165, 1.54) is 11.4 Å². The minimum Gasteiger partial charge on any atom is -0.340 e. The number of ether oxygens (including phenoxy) is 1. The monoisotopic (exact) mass is 868 g/mol. The average molecular weight is 869 g/mol. The number of benzene rings is 2. The summed E-state index contributed by atoms with van der Waals surface area (Å²) in [5, 5.41) is 1.53. The zero-order valence-electron chi connectivity index (χ0n) is 15.0. The summed E-state index contributed by atoms with van der Waals surface area (Å²) in [6.45, 7) is 4.69. The Labute approximate surface area is 230 Å². The van der Waals surface area contributed by atoms with E-state index in [1.807, 2.05) is 24.3 Å². The molecule has 2 aromatic carbocycles. The Hall–Kier alpha value is 1.50. The van der Waals surface area contributed by atoms with Gasteiger partial charge in [0.1, 0.15) is 0 Å². The van der Waals surface area contributed by atoms with E-state index >= 15 is 0 Å². The van der Waals surface area contributed by atoms with Crippen LogP contribution in [-0.4, -0.2) is 26.0 Å². The Morgan fingerprint density at radius 1 is 0.857 bits per heavy atom. The molecule has 3 nitrogen and oxygen atoms in total. The van der Waals surface area contributed by atoms with Crippen LogP contribution in [0.4, 0.5) is 11.4 Å². The Morgan fingerprint density at radius 3 is 1.61 bits per heavy atom. The van der Waals surface area contributed by atoms with E-state index in [2.05, 4.69) is 107 Å². The highest BCUT2D eigenvalue weighted by Crippen LogP contribution is 2.40. The molecule has 0 N–H and O–H groups in total. The molecular formula is C19H18Cl2I4N2O.